The number of Topliss-reactive ketones (excluding diaryl/α,β-unsaturated/α-hetero) is 1. The van der Waals surface area contributed by atoms with E-state index in [2.05, 4.69) is 13.2 Å². The Labute approximate surface area is 89.9 Å². The number of carbonyl (C=O) groups is 1. The van der Waals surface area contributed by atoms with Crippen molar-refractivity contribution in [3.05, 3.63) is 54.3 Å². The second kappa shape index (κ2) is 4.60. The molecule has 2 nitrogen and oxygen atoms in total. The van der Waals surface area contributed by atoms with Gasteiger partial charge >= 0.3 is 0 Å². The number of allylic oxidation sites excluding steroid dienone is 1. The van der Waals surface area contributed by atoms with Crippen molar-refractivity contribution in [1.29, 1.82) is 0 Å². The van der Waals surface area contributed by atoms with E-state index in [1.807, 2.05) is 6.07 Å². The quantitative estimate of drug-likeness (QED) is 0.552. The zero-order chi connectivity index (χ0) is 11.4. The minimum absolute atomic E-state index is 0.0278. The van der Waals surface area contributed by atoms with Crippen LogP contribution in [0.1, 0.15) is 29.8 Å². The van der Waals surface area contributed by atoms with Crippen molar-refractivity contribution in [3.8, 4) is 0 Å². The molecule has 0 saturated carbocycles. The highest BCUT2D eigenvalue weighted by Crippen LogP contribution is 2.17. The van der Waals surface area contributed by atoms with Crippen LogP contribution in [0.15, 0.2) is 43.2 Å². The molecule has 1 aromatic carbocycles. The van der Waals surface area contributed by atoms with Gasteiger partial charge in [-0.1, -0.05) is 31.4 Å². The van der Waals surface area contributed by atoms with E-state index in [1.165, 1.54) is 6.92 Å². The first-order valence-electron chi connectivity index (χ1n) is 4.64. The molecule has 0 heterocycles. The number of hydrogen-bond acceptors (Lipinski definition) is 2. The second-order valence-corrected chi connectivity index (χ2v) is 3.36. The number of benzene rings is 1. The molecule has 0 amide bonds. The molecule has 0 aliphatic heterocycles. The van der Waals surface area contributed by atoms with Crippen LogP contribution in [0.2, 0.25) is 0 Å². The molecule has 0 unspecified atom stereocenters. The molecule has 0 bridgehead atoms. The fourth-order valence-electron chi connectivity index (χ4n) is 1.18. The van der Waals surface area contributed by atoms with Crippen molar-refractivity contribution in [2.75, 3.05) is 0 Å². The Kier molecular flexibility index (Phi) is 3.45. The van der Waals surface area contributed by atoms with Gasteiger partial charge in [-0.2, -0.15) is 0 Å². The highest BCUT2D eigenvalue weighted by molar-refractivity contribution is 5.94. The highest BCUT2D eigenvalue weighted by Gasteiger charge is 2.04. The molecule has 0 saturated heterocycles. The monoisotopic (exact) mass is 202 g/mol. The van der Waals surface area contributed by atoms with Gasteiger partial charge in [-0.25, -0.2) is 0 Å². The number of ketones is 1. The van der Waals surface area contributed by atoms with Crippen molar-refractivity contribution in [1.82, 2.24) is 0 Å². The molecule has 0 aliphatic carbocycles. The van der Waals surface area contributed by atoms with Crippen LogP contribution < -0.4 is 0 Å². The molecular formula is C13H14O2. The van der Waals surface area contributed by atoms with Gasteiger partial charge in [0.05, 0.1) is 5.76 Å². The van der Waals surface area contributed by atoms with Gasteiger partial charge < -0.3 is 4.74 Å². The van der Waals surface area contributed by atoms with Crippen LogP contribution in [0.5, 0.6) is 0 Å². The van der Waals surface area contributed by atoms with Crippen molar-refractivity contribution in [2.24, 2.45) is 0 Å². The smallest absolute Gasteiger partial charge is 0.159 e. The van der Waals surface area contributed by atoms with Crippen LogP contribution in [-0.2, 0) is 4.74 Å². The summed E-state index contributed by atoms with van der Waals surface area (Å²) in [5.41, 5.74) is 1.45. The maximum absolute atomic E-state index is 11.2. The van der Waals surface area contributed by atoms with E-state index in [-0.39, 0.29) is 5.78 Å². The largest absolute Gasteiger partial charge is 0.463 e. The fraction of sp³-hybridized carbons (Fsp3) is 0.154. The molecule has 0 spiro atoms. The maximum Gasteiger partial charge on any atom is 0.159 e. The molecule has 0 N–H and O–H groups in total. The third kappa shape index (κ3) is 3.09. The average molecular weight is 202 g/mol. The standard InChI is InChI=1S/C13H14O2/c1-9(2)15-11(4)13-7-5-6-12(8-13)10(3)14/h5-8H,1,4H2,2-3H3. The van der Waals surface area contributed by atoms with Crippen LogP contribution >= 0.6 is 0 Å². The molecule has 78 valence electrons. The molecular weight excluding hydrogens is 188 g/mol. The van der Waals surface area contributed by atoms with E-state index in [4.69, 9.17) is 4.74 Å². The summed E-state index contributed by atoms with van der Waals surface area (Å²) in [6.07, 6.45) is 0. The van der Waals surface area contributed by atoms with Gasteiger partial charge in [0.25, 0.3) is 0 Å². The molecule has 0 fully saturated rings. The summed E-state index contributed by atoms with van der Waals surface area (Å²) in [6.45, 7) is 10.7. The van der Waals surface area contributed by atoms with Gasteiger partial charge in [-0.15, -0.1) is 0 Å². The van der Waals surface area contributed by atoms with Crippen LogP contribution in [-0.4, -0.2) is 5.78 Å². The van der Waals surface area contributed by atoms with Crippen LogP contribution in [0.4, 0.5) is 0 Å². The predicted octanol–water partition coefficient (Wildman–Crippen LogP) is 3.41. The molecule has 15 heavy (non-hydrogen) atoms. The summed E-state index contributed by atoms with van der Waals surface area (Å²) in [5.74, 6) is 1.11. The van der Waals surface area contributed by atoms with Gasteiger partial charge in [-0.05, 0) is 19.9 Å². The van der Waals surface area contributed by atoms with Crippen molar-refractivity contribution >= 4 is 11.5 Å². The van der Waals surface area contributed by atoms with E-state index in [1.54, 1.807) is 25.1 Å². The Morgan fingerprint density at radius 1 is 1.20 bits per heavy atom. The lowest BCUT2D eigenvalue weighted by Gasteiger charge is -2.08. The van der Waals surface area contributed by atoms with E-state index in [9.17, 15) is 4.79 Å². The molecule has 1 rings (SSSR count). The lowest BCUT2D eigenvalue weighted by atomic mass is 10.1. The topological polar surface area (TPSA) is 26.3 Å². The summed E-state index contributed by atoms with van der Waals surface area (Å²) in [4.78, 5) is 11.2. The van der Waals surface area contributed by atoms with E-state index >= 15 is 0 Å². The fourth-order valence-corrected chi connectivity index (χ4v) is 1.18. The van der Waals surface area contributed by atoms with Crippen LogP contribution in [0.3, 0.4) is 0 Å². The summed E-state index contributed by atoms with van der Waals surface area (Å²) >= 11 is 0. The molecule has 0 atom stereocenters. The Morgan fingerprint density at radius 3 is 2.33 bits per heavy atom. The lowest BCUT2D eigenvalue weighted by molar-refractivity contribution is 0.101. The molecule has 0 aliphatic rings. The number of ether oxygens (including phenoxy) is 1. The summed E-state index contributed by atoms with van der Waals surface area (Å²) in [6, 6.07) is 7.17. The van der Waals surface area contributed by atoms with E-state index in [0.717, 1.165) is 5.56 Å². The summed E-state index contributed by atoms with van der Waals surface area (Å²) < 4.78 is 5.27. The van der Waals surface area contributed by atoms with Gasteiger partial charge in [0.1, 0.15) is 5.76 Å². The summed E-state index contributed by atoms with van der Waals surface area (Å²) in [5, 5.41) is 0. The zero-order valence-electron chi connectivity index (χ0n) is 9.04. The first-order chi connectivity index (χ1) is 7.00. The average Bonchev–Trinajstić information content (AvgIpc) is 2.17. The first kappa shape index (κ1) is 11.2. The van der Waals surface area contributed by atoms with Crippen LogP contribution in [0.25, 0.3) is 5.76 Å². The minimum Gasteiger partial charge on any atom is -0.463 e. The second-order valence-electron chi connectivity index (χ2n) is 3.36. The maximum atomic E-state index is 11.2. The molecule has 2 heteroatoms. The molecule has 0 radical (unpaired) electrons. The SMILES string of the molecule is C=C(C)OC(=C)c1cccc(C(C)=O)c1. The Hall–Kier alpha value is -1.83. The normalized spacial score (nSPS) is 9.47. The predicted molar refractivity (Wildman–Crippen MR) is 61.4 cm³/mol. The molecule has 0 aromatic heterocycles. The third-order valence-electron chi connectivity index (χ3n) is 1.89. The molecule has 1 aromatic rings. The summed E-state index contributed by atoms with van der Waals surface area (Å²) in [7, 11) is 0. The first-order valence-corrected chi connectivity index (χ1v) is 4.64. The van der Waals surface area contributed by atoms with Crippen molar-refractivity contribution < 1.29 is 9.53 Å². The number of carbonyl (C=O) groups excluding carboxylic acids is 1. The Bertz CT molecular complexity index is 416. The van der Waals surface area contributed by atoms with Gasteiger partial charge in [0.2, 0.25) is 0 Å². The number of rotatable bonds is 4. The highest BCUT2D eigenvalue weighted by atomic mass is 16.5. The lowest BCUT2D eigenvalue weighted by Crippen LogP contribution is -1.94. The zero-order valence-corrected chi connectivity index (χ0v) is 9.04. The third-order valence-corrected chi connectivity index (χ3v) is 1.89. The van der Waals surface area contributed by atoms with E-state index in [0.29, 0.717) is 17.1 Å². The number of hydrogen-bond donors (Lipinski definition) is 0. The van der Waals surface area contributed by atoms with E-state index < -0.39 is 0 Å². The van der Waals surface area contributed by atoms with Crippen molar-refractivity contribution in [3.63, 3.8) is 0 Å². The van der Waals surface area contributed by atoms with Crippen LogP contribution in [0, 0.1) is 0 Å². The van der Waals surface area contributed by atoms with Gasteiger partial charge in [0.15, 0.2) is 5.78 Å². The minimum atomic E-state index is 0.0278. The van der Waals surface area contributed by atoms with Gasteiger partial charge in [-0.3, -0.25) is 4.79 Å². The Balaban J connectivity index is 2.95. The Morgan fingerprint density at radius 2 is 1.80 bits per heavy atom. The van der Waals surface area contributed by atoms with Gasteiger partial charge in [0, 0.05) is 11.1 Å². The van der Waals surface area contributed by atoms with Crippen molar-refractivity contribution in [2.45, 2.75) is 13.8 Å².